The monoisotopic (exact) mass is 560 g/mol. The summed E-state index contributed by atoms with van der Waals surface area (Å²) in [7, 11) is 0. The van der Waals surface area contributed by atoms with Crippen LogP contribution in [0.25, 0.3) is 0 Å². The lowest BCUT2D eigenvalue weighted by Gasteiger charge is -2.27. The molecule has 0 bridgehead atoms. The van der Waals surface area contributed by atoms with E-state index in [4.69, 9.17) is 4.74 Å². The highest BCUT2D eigenvalue weighted by molar-refractivity contribution is 5.42. The van der Waals surface area contributed by atoms with Crippen LogP contribution in [0.3, 0.4) is 0 Å². The van der Waals surface area contributed by atoms with Gasteiger partial charge in [0, 0.05) is 0 Å². The van der Waals surface area contributed by atoms with Crippen LogP contribution in [0.15, 0.2) is 18.2 Å². The first-order valence-electron chi connectivity index (χ1n) is 15.9. The maximum Gasteiger partial charge on any atom is 0.200 e. The van der Waals surface area contributed by atoms with Crippen molar-refractivity contribution in [1.29, 1.82) is 0 Å². The molecule has 0 aliphatic heterocycles. The second-order valence-corrected chi connectivity index (χ2v) is 12.5. The van der Waals surface area contributed by atoms with Gasteiger partial charge in [0.1, 0.15) is 0 Å². The van der Waals surface area contributed by atoms with Gasteiger partial charge in [-0.3, -0.25) is 0 Å². The van der Waals surface area contributed by atoms with Gasteiger partial charge in [-0.1, -0.05) is 77.8 Å². The number of benzene rings is 2. The number of hydrogen-bond donors (Lipinski definition) is 0. The Morgan fingerprint density at radius 1 is 0.825 bits per heavy atom. The highest BCUT2D eigenvalue weighted by Crippen LogP contribution is 2.41. The highest BCUT2D eigenvalue weighted by Gasteiger charge is 2.30. The average Bonchev–Trinajstić information content (AvgIpc) is 3.80. The summed E-state index contributed by atoms with van der Waals surface area (Å²) >= 11 is 0. The van der Waals surface area contributed by atoms with Gasteiger partial charge in [0.05, 0.1) is 6.61 Å². The predicted molar refractivity (Wildman–Crippen MR) is 155 cm³/mol. The van der Waals surface area contributed by atoms with Crippen LogP contribution >= 0.6 is 0 Å². The number of rotatable bonds is 16. The van der Waals surface area contributed by atoms with Crippen molar-refractivity contribution in [3.05, 3.63) is 63.7 Å². The molecule has 0 amide bonds. The Kier molecular flexibility index (Phi) is 11.4. The summed E-state index contributed by atoms with van der Waals surface area (Å²) in [5.74, 6) is -1.52. The van der Waals surface area contributed by atoms with Crippen molar-refractivity contribution in [2.45, 2.75) is 123 Å². The van der Waals surface area contributed by atoms with E-state index in [0.717, 1.165) is 56.8 Å². The SMILES string of the molecule is CCC(C)CCCCc1ccc(C2CCc3cc(OCCCCCC(CC)C4CC4)c(F)c(F)c3C2)c(F)c1F. The van der Waals surface area contributed by atoms with Gasteiger partial charge in [0.15, 0.2) is 23.2 Å². The molecule has 0 heterocycles. The van der Waals surface area contributed by atoms with E-state index in [1.54, 1.807) is 18.2 Å². The molecule has 2 aromatic carbocycles. The Morgan fingerprint density at radius 2 is 1.60 bits per heavy atom. The first-order valence-corrected chi connectivity index (χ1v) is 15.9. The van der Waals surface area contributed by atoms with Crippen LogP contribution in [-0.4, -0.2) is 6.61 Å². The van der Waals surface area contributed by atoms with Crippen LogP contribution < -0.4 is 4.74 Å². The van der Waals surface area contributed by atoms with E-state index in [9.17, 15) is 8.78 Å². The van der Waals surface area contributed by atoms with Crippen molar-refractivity contribution in [1.82, 2.24) is 0 Å². The largest absolute Gasteiger partial charge is 0.490 e. The van der Waals surface area contributed by atoms with Gasteiger partial charge in [-0.15, -0.1) is 0 Å². The lowest BCUT2D eigenvalue weighted by atomic mass is 9.79. The first-order chi connectivity index (χ1) is 19.3. The third-order valence-electron chi connectivity index (χ3n) is 9.59. The molecule has 0 radical (unpaired) electrons. The van der Waals surface area contributed by atoms with E-state index in [-0.39, 0.29) is 29.2 Å². The van der Waals surface area contributed by atoms with Gasteiger partial charge in [0.2, 0.25) is 5.82 Å². The first kappa shape index (κ1) is 30.9. The molecule has 5 heteroatoms. The van der Waals surface area contributed by atoms with Crippen LogP contribution in [0.5, 0.6) is 5.75 Å². The van der Waals surface area contributed by atoms with Crippen molar-refractivity contribution in [2.24, 2.45) is 17.8 Å². The molecule has 222 valence electrons. The molecule has 0 spiro atoms. The van der Waals surface area contributed by atoms with Crippen LogP contribution in [0, 0.1) is 41.0 Å². The van der Waals surface area contributed by atoms with Crippen molar-refractivity contribution < 1.29 is 22.3 Å². The topological polar surface area (TPSA) is 9.23 Å². The molecular weight excluding hydrogens is 512 g/mol. The molecule has 2 aromatic rings. The van der Waals surface area contributed by atoms with Crippen LogP contribution in [0.4, 0.5) is 17.6 Å². The van der Waals surface area contributed by atoms with Crippen molar-refractivity contribution in [2.75, 3.05) is 6.61 Å². The Balaban J connectivity index is 1.31. The fourth-order valence-corrected chi connectivity index (χ4v) is 6.52. The molecule has 1 fully saturated rings. The second kappa shape index (κ2) is 14.7. The second-order valence-electron chi connectivity index (χ2n) is 12.5. The average molecular weight is 561 g/mol. The summed E-state index contributed by atoms with van der Waals surface area (Å²) in [4.78, 5) is 0. The van der Waals surface area contributed by atoms with E-state index < -0.39 is 23.3 Å². The van der Waals surface area contributed by atoms with Gasteiger partial charge in [-0.05, 0) is 103 Å². The van der Waals surface area contributed by atoms with Crippen molar-refractivity contribution in [3.63, 3.8) is 0 Å². The molecule has 0 saturated heterocycles. The third kappa shape index (κ3) is 7.82. The zero-order valence-electron chi connectivity index (χ0n) is 24.8. The number of unbranched alkanes of at least 4 members (excludes halogenated alkanes) is 3. The minimum atomic E-state index is -0.974. The number of halogens is 4. The standard InChI is InChI=1S/C35H48F4O/c1-4-23(3)11-8-9-13-26-18-19-29(33(37)32(26)36)27-16-17-28-22-31(35(39)34(38)30(28)21-27)40-20-10-6-7-12-24(5-2)25-14-15-25/h18-19,22-25,27H,4-17,20-21H2,1-3H3. The number of hydrogen-bond acceptors (Lipinski definition) is 1. The van der Waals surface area contributed by atoms with Gasteiger partial charge in [-0.2, -0.15) is 4.39 Å². The van der Waals surface area contributed by atoms with E-state index in [0.29, 0.717) is 42.9 Å². The van der Waals surface area contributed by atoms with Gasteiger partial charge < -0.3 is 4.74 Å². The lowest BCUT2D eigenvalue weighted by molar-refractivity contribution is 0.280. The fraction of sp³-hybridized carbons (Fsp3) is 0.657. The maximum absolute atomic E-state index is 15.1. The molecule has 2 aliphatic rings. The molecule has 1 nitrogen and oxygen atoms in total. The van der Waals surface area contributed by atoms with Gasteiger partial charge >= 0.3 is 0 Å². The van der Waals surface area contributed by atoms with Crippen LogP contribution in [0.2, 0.25) is 0 Å². The molecule has 3 atom stereocenters. The molecular formula is C35H48F4O. The van der Waals surface area contributed by atoms with Crippen molar-refractivity contribution in [3.8, 4) is 5.75 Å². The summed E-state index contributed by atoms with van der Waals surface area (Å²) in [6, 6.07) is 4.94. The van der Waals surface area contributed by atoms with Crippen LogP contribution in [0.1, 0.15) is 126 Å². The summed E-state index contributed by atoms with van der Waals surface area (Å²) < 4.78 is 65.8. The van der Waals surface area contributed by atoms with E-state index in [1.807, 2.05) is 0 Å². The predicted octanol–water partition coefficient (Wildman–Crippen LogP) is 10.6. The Hall–Kier alpha value is -2.04. The molecule has 1 saturated carbocycles. The summed E-state index contributed by atoms with van der Waals surface area (Å²) in [6.07, 6.45) is 14.0. The molecule has 40 heavy (non-hydrogen) atoms. The highest BCUT2D eigenvalue weighted by atomic mass is 19.2. The summed E-state index contributed by atoms with van der Waals surface area (Å²) in [5.41, 5.74) is 1.63. The molecule has 3 unspecified atom stereocenters. The smallest absolute Gasteiger partial charge is 0.200 e. The minimum absolute atomic E-state index is 0.0333. The van der Waals surface area contributed by atoms with Crippen LogP contribution in [-0.2, 0) is 19.3 Å². The number of aryl methyl sites for hydroxylation is 2. The molecule has 4 rings (SSSR count). The van der Waals surface area contributed by atoms with Crippen molar-refractivity contribution >= 4 is 0 Å². The van der Waals surface area contributed by atoms with E-state index >= 15 is 8.78 Å². The van der Waals surface area contributed by atoms with E-state index in [1.165, 1.54) is 25.7 Å². The molecule has 0 N–H and O–H groups in total. The van der Waals surface area contributed by atoms with Gasteiger partial charge in [-0.25, -0.2) is 13.2 Å². The zero-order chi connectivity index (χ0) is 28.6. The Labute approximate surface area is 239 Å². The third-order valence-corrected chi connectivity index (χ3v) is 9.59. The number of fused-ring (bicyclic) bond motifs is 1. The van der Waals surface area contributed by atoms with E-state index in [2.05, 4.69) is 20.8 Å². The maximum atomic E-state index is 15.1. The lowest BCUT2D eigenvalue weighted by Crippen LogP contribution is -2.18. The Morgan fingerprint density at radius 3 is 2.33 bits per heavy atom. The summed E-state index contributed by atoms with van der Waals surface area (Å²) in [6.45, 7) is 7.00. The quantitative estimate of drug-likeness (QED) is 0.147. The molecule has 2 aliphatic carbocycles. The fourth-order valence-electron chi connectivity index (χ4n) is 6.52. The minimum Gasteiger partial charge on any atom is -0.490 e. The number of ether oxygens (including phenoxy) is 1. The summed E-state index contributed by atoms with van der Waals surface area (Å²) in [5, 5.41) is 0. The molecule has 0 aromatic heterocycles. The zero-order valence-corrected chi connectivity index (χ0v) is 24.8. The van der Waals surface area contributed by atoms with Gasteiger partial charge in [0.25, 0.3) is 0 Å². The Bertz CT molecular complexity index is 1110. The normalized spacial score (nSPS) is 18.4.